The number of aromatic nitrogens is 2. The average molecular weight is 340 g/mol. The largest absolute Gasteiger partial charge is 0.335 e. The molecule has 1 unspecified atom stereocenters. The standard InChI is InChI=1S/C19H24N4O2/c1-13-6-3-4-9-22(13)15-11-21(12-15)18(24)16-10-20-17-8-5-7-14(2)23(17)19(16)25/h5,7-8,10,13,15H,3-4,6,9,11-12H2,1-2H3. The van der Waals surface area contributed by atoms with E-state index in [0.717, 1.165) is 12.2 Å². The molecule has 2 saturated heterocycles. The number of fused-ring (bicyclic) bond motifs is 1. The second-order valence-electron chi connectivity index (χ2n) is 7.28. The molecule has 1 amide bonds. The van der Waals surface area contributed by atoms with Gasteiger partial charge in [-0.05, 0) is 45.4 Å². The van der Waals surface area contributed by atoms with Crippen molar-refractivity contribution in [1.82, 2.24) is 19.2 Å². The third-order valence-corrected chi connectivity index (χ3v) is 5.63. The lowest BCUT2D eigenvalue weighted by molar-refractivity contribution is 0.00200. The summed E-state index contributed by atoms with van der Waals surface area (Å²) in [6, 6.07) is 6.50. The van der Waals surface area contributed by atoms with Crippen molar-refractivity contribution in [3.63, 3.8) is 0 Å². The molecule has 2 aromatic heterocycles. The summed E-state index contributed by atoms with van der Waals surface area (Å²) in [6.45, 7) is 6.65. The van der Waals surface area contributed by atoms with Crippen molar-refractivity contribution in [2.24, 2.45) is 0 Å². The fraction of sp³-hybridized carbons (Fsp3) is 0.526. The topological polar surface area (TPSA) is 57.9 Å². The summed E-state index contributed by atoms with van der Waals surface area (Å²) in [5, 5.41) is 0. The van der Waals surface area contributed by atoms with Crippen molar-refractivity contribution in [1.29, 1.82) is 0 Å². The molecule has 0 aromatic carbocycles. The summed E-state index contributed by atoms with van der Waals surface area (Å²) >= 11 is 0. The number of pyridine rings is 1. The normalized spacial score (nSPS) is 22.2. The highest BCUT2D eigenvalue weighted by Gasteiger charge is 2.38. The zero-order valence-electron chi connectivity index (χ0n) is 14.8. The van der Waals surface area contributed by atoms with Gasteiger partial charge in [0.1, 0.15) is 11.2 Å². The van der Waals surface area contributed by atoms with Crippen LogP contribution in [0.5, 0.6) is 0 Å². The molecule has 0 N–H and O–H groups in total. The van der Waals surface area contributed by atoms with E-state index in [1.54, 1.807) is 11.0 Å². The Bertz CT molecular complexity index is 869. The Kier molecular flexibility index (Phi) is 4.07. The van der Waals surface area contributed by atoms with E-state index in [0.29, 0.717) is 30.8 Å². The van der Waals surface area contributed by atoms with E-state index in [4.69, 9.17) is 0 Å². The van der Waals surface area contributed by atoms with Gasteiger partial charge < -0.3 is 4.90 Å². The molecule has 0 radical (unpaired) electrons. The van der Waals surface area contributed by atoms with E-state index in [9.17, 15) is 9.59 Å². The molecule has 0 saturated carbocycles. The van der Waals surface area contributed by atoms with E-state index in [1.165, 1.54) is 29.9 Å². The maximum absolute atomic E-state index is 12.8. The van der Waals surface area contributed by atoms with Crippen LogP contribution in [0.3, 0.4) is 0 Å². The van der Waals surface area contributed by atoms with Crippen LogP contribution >= 0.6 is 0 Å². The zero-order valence-corrected chi connectivity index (χ0v) is 14.8. The lowest BCUT2D eigenvalue weighted by Crippen LogP contribution is -2.63. The Hall–Kier alpha value is -2.21. The van der Waals surface area contributed by atoms with Crippen LogP contribution in [0.15, 0.2) is 29.2 Å². The number of nitrogens with zero attached hydrogens (tertiary/aromatic N) is 4. The van der Waals surface area contributed by atoms with Crippen LogP contribution in [0.4, 0.5) is 0 Å². The zero-order chi connectivity index (χ0) is 17.6. The van der Waals surface area contributed by atoms with Crippen molar-refractivity contribution < 1.29 is 4.79 Å². The van der Waals surface area contributed by atoms with Crippen molar-refractivity contribution in [2.45, 2.75) is 45.2 Å². The van der Waals surface area contributed by atoms with Crippen LogP contribution in [-0.4, -0.2) is 56.8 Å². The number of likely N-dealkylation sites (tertiary alicyclic amines) is 2. The first-order chi connectivity index (χ1) is 12.1. The molecular formula is C19H24N4O2. The Morgan fingerprint density at radius 2 is 2.04 bits per heavy atom. The summed E-state index contributed by atoms with van der Waals surface area (Å²) in [7, 11) is 0. The summed E-state index contributed by atoms with van der Waals surface area (Å²) < 4.78 is 1.51. The molecule has 2 aromatic rings. The Balaban J connectivity index is 1.53. The number of aryl methyl sites for hydroxylation is 1. The molecule has 2 aliphatic rings. The van der Waals surface area contributed by atoms with Gasteiger partial charge in [0, 0.05) is 37.1 Å². The fourth-order valence-corrected chi connectivity index (χ4v) is 4.09. The molecule has 1 atom stereocenters. The van der Waals surface area contributed by atoms with E-state index in [2.05, 4.69) is 16.8 Å². The van der Waals surface area contributed by atoms with Gasteiger partial charge in [0.15, 0.2) is 0 Å². The monoisotopic (exact) mass is 340 g/mol. The number of hydrogen-bond acceptors (Lipinski definition) is 4. The highest BCUT2D eigenvalue weighted by molar-refractivity contribution is 5.94. The van der Waals surface area contributed by atoms with E-state index in [1.807, 2.05) is 19.1 Å². The number of hydrogen-bond donors (Lipinski definition) is 0. The lowest BCUT2D eigenvalue weighted by Gasteiger charge is -2.49. The second kappa shape index (κ2) is 6.26. The minimum absolute atomic E-state index is 0.164. The van der Waals surface area contributed by atoms with Gasteiger partial charge >= 0.3 is 0 Å². The van der Waals surface area contributed by atoms with Crippen molar-refractivity contribution in [3.05, 3.63) is 46.0 Å². The molecule has 6 heteroatoms. The number of carbonyl (C=O) groups is 1. The van der Waals surface area contributed by atoms with Gasteiger partial charge in [0.2, 0.25) is 0 Å². The van der Waals surface area contributed by atoms with Gasteiger partial charge in [-0.2, -0.15) is 0 Å². The number of piperidine rings is 1. The quantitative estimate of drug-likeness (QED) is 0.835. The van der Waals surface area contributed by atoms with Gasteiger partial charge in [-0.15, -0.1) is 0 Å². The molecule has 2 fully saturated rings. The van der Waals surface area contributed by atoms with Crippen molar-refractivity contribution in [3.8, 4) is 0 Å². The molecule has 6 nitrogen and oxygen atoms in total. The highest BCUT2D eigenvalue weighted by Crippen LogP contribution is 2.25. The highest BCUT2D eigenvalue weighted by atomic mass is 16.2. The first kappa shape index (κ1) is 16.3. The van der Waals surface area contributed by atoms with Gasteiger partial charge in [-0.1, -0.05) is 12.5 Å². The molecule has 132 valence electrons. The van der Waals surface area contributed by atoms with Crippen LogP contribution in [0.2, 0.25) is 0 Å². The number of rotatable bonds is 2. The predicted molar refractivity (Wildman–Crippen MR) is 95.9 cm³/mol. The average Bonchev–Trinajstić information content (AvgIpc) is 2.55. The van der Waals surface area contributed by atoms with Gasteiger partial charge in [0.25, 0.3) is 11.5 Å². The molecule has 0 aliphatic carbocycles. The molecule has 0 bridgehead atoms. The fourth-order valence-electron chi connectivity index (χ4n) is 4.09. The van der Waals surface area contributed by atoms with Gasteiger partial charge in [-0.25, -0.2) is 4.98 Å². The van der Waals surface area contributed by atoms with Gasteiger partial charge in [-0.3, -0.25) is 18.9 Å². The van der Waals surface area contributed by atoms with E-state index < -0.39 is 0 Å². The summed E-state index contributed by atoms with van der Waals surface area (Å²) in [6.07, 6.45) is 5.20. The van der Waals surface area contributed by atoms with Crippen LogP contribution in [-0.2, 0) is 0 Å². The minimum Gasteiger partial charge on any atom is -0.335 e. The Morgan fingerprint density at radius 1 is 1.24 bits per heavy atom. The minimum atomic E-state index is -0.275. The van der Waals surface area contributed by atoms with Crippen molar-refractivity contribution >= 4 is 11.6 Å². The lowest BCUT2D eigenvalue weighted by atomic mass is 9.97. The van der Waals surface area contributed by atoms with Crippen LogP contribution in [0.25, 0.3) is 5.65 Å². The number of amides is 1. The summed E-state index contributed by atoms with van der Waals surface area (Å²) in [5.74, 6) is -0.198. The first-order valence-electron chi connectivity index (χ1n) is 9.08. The Labute approximate surface area is 147 Å². The third-order valence-electron chi connectivity index (χ3n) is 5.63. The van der Waals surface area contributed by atoms with Crippen LogP contribution in [0.1, 0.15) is 42.2 Å². The smallest absolute Gasteiger partial charge is 0.270 e. The molecular weight excluding hydrogens is 316 g/mol. The molecule has 4 rings (SSSR count). The number of carbonyl (C=O) groups excluding carboxylic acids is 1. The molecule has 0 spiro atoms. The van der Waals surface area contributed by atoms with Crippen LogP contribution in [0, 0.1) is 6.92 Å². The van der Waals surface area contributed by atoms with Crippen molar-refractivity contribution in [2.75, 3.05) is 19.6 Å². The predicted octanol–water partition coefficient (Wildman–Crippen LogP) is 1.70. The molecule has 25 heavy (non-hydrogen) atoms. The molecule has 2 aliphatic heterocycles. The third kappa shape index (κ3) is 2.74. The maximum atomic E-state index is 12.8. The summed E-state index contributed by atoms with van der Waals surface area (Å²) in [5.41, 5.74) is 1.25. The SMILES string of the molecule is Cc1cccc2ncc(C(=O)N3CC(N4CCCCC4C)C3)c(=O)n12. The summed E-state index contributed by atoms with van der Waals surface area (Å²) in [4.78, 5) is 34.1. The Morgan fingerprint density at radius 3 is 2.80 bits per heavy atom. The second-order valence-corrected chi connectivity index (χ2v) is 7.28. The van der Waals surface area contributed by atoms with Gasteiger partial charge in [0.05, 0.1) is 0 Å². The van der Waals surface area contributed by atoms with E-state index >= 15 is 0 Å². The van der Waals surface area contributed by atoms with E-state index in [-0.39, 0.29) is 17.0 Å². The first-order valence-corrected chi connectivity index (χ1v) is 9.08. The van der Waals surface area contributed by atoms with Crippen LogP contribution < -0.4 is 5.56 Å². The molecule has 4 heterocycles. The maximum Gasteiger partial charge on any atom is 0.270 e.